The van der Waals surface area contributed by atoms with Gasteiger partial charge in [0.15, 0.2) is 0 Å². The number of benzene rings is 1. The molecule has 1 aromatic rings. The fraction of sp³-hybridized carbons (Fsp3) is 0.611. The van der Waals surface area contributed by atoms with Crippen LogP contribution >= 0.6 is 11.8 Å². The second kappa shape index (κ2) is 8.57. The molecule has 0 aromatic heterocycles. The van der Waals surface area contributed by atoms with E-state index in [0.717, 1.165) is 49.4 Å². The summed E-state index contributed by atoms with van der Waals surface area (Å²) < 4.78 is 18.5. The Morgan fingerprint density at radius 2 is 1.87 bits per heavy atom. The van der Waals surface area contributed by atoms with Gasteiger partial charge in [0.25, 0.3) is 0 Å². The zero-order valence-corrected chi connectivity index (χ0v) is 14.8. The van der Waals surface area contributed by atoms with Gasteiger partial charge >= 0.3 is 6.09 Å². The van der Waals surface area contributed by atoms with Crippen molar-refractivity contribution < 1.29 is 13.9 Å². The molecule has 128 valence electrons. The summed E-state index contributed by atoms with van der Waals surface area (Å²) in [5.74, 6) is 0.719. The normalized spacial score (nSPS) is 15.5. The molecule has 1 fully saturated rings. The number of piperidine rings is 1. The van der Waals surface area contributed by atoms with Gasteiger partial charge in [-0.25, -0.2) is 9.18 Å². The Hall–Kier alpha value is -1.23. The first-order valence-corrected chi connectivity index (χ1v) is 9.31. The number of thioether (sulfide) groups is 1. The Morgan fingerprint density at radius 3 is 2.52 bits per heavy atom. The highest BCUT2D eigenvalue weighted by atomic mass is 32.2. The number of hydrogen-bond acceptors (Lipinski definition) is 3. The van der Waals surface area contributed by atoms with Crippen LogP contribution in [-0.4, -0.2) is 35.4 Å². The van der Waals surface area contributed by atoms with Crippen LogP contribution in [-0.2, 0) is 4.74 Å². The highest BCUT2D eigenvalue weighted by Gasteiger charge is 2.26. The smallest absolute Gasteiger partial charge is 0.410 e. The van der Waals surface area contributed by atoms with Crippen molar-refractivity contribution in [2.45, 2.75) is 56.4 Å². The lowest BCUT2D eigenvalue weighted by Crippen LogP contribution is -2.40. The highest BCUT2D eigenvalue weighted by molar-refractivity contribution is 7.99. The third-order valence-electron chi connectivity index (χ3n) is 3.98. The van der Waals surface area contributed by atoms with Crippen molar-refractivity contribution in [3.63, 3.8) is 0 Å². The van der Waals surface area contributed by atoms with Gasteiger partial charge in [-0.15, -0.1) is 11.8 Å². The molecule has 1 aliphatic heterocycles. The summed E-state index contributed by atoms with van der Waals surface area (Å²) in [6.07, 6.45) is 4.94. The molecule has 1 heterocycles. The van der Waals surface area contributed by atoms with Gasteiger partial charge in [0.05, 0.1) is 0 Å². The van der Waals surface area contributed by atoms with Crippen LogP contribution in [0.25, 0.3) is 0 Å². The molecule has 0 spiro atoms. The summed E-state index contributed by atoms with van der Waals surface area (Å²) >= 11 is 1.70. The monoisotopic (exact) mass is 339 g/mol. The maximum Gasteiger partial charge on any atom is 0.410 e. The van der Waals surface area contributed by atoms with Gasteiger partial charge in [-0.3, -0.25) is 0 Å². The topological polar surface area (TPSA) is 29.5 Å². The van der Waals surface area contributed by atoms with E-state index in [1.165, 1.54) is 18.6 Å². The average molecular weight is 339 g/mol. The van der Waals surface area contributed by atoms with Crippen LogP contribution in [0.1, 0.15) is 46.0 Å². The van der Waals surface area contributed by atoms with Gasteiger partial charge in [0, 0.05) is 18.0 Å². The minimum absolute atomic E-state index is 0.180. The lowest BCUT2D eigenvalue weighted by molar-refractivity contribution is 0.00545. The van der Waals surface area contributed by atoms with Crippen LogP contribution < -0.4 is 0 Å². The van der Waals surface area contributed by atoms with Crippen molar-refractivity contribution >= 4 is 17.9 Å². The van der Waals surface area contributed by atoms with Crippen molar-refractivity contribution in [2.75, 3.05) is 18.8 Å². The minimum atomic E-state index is -0.447. The number of halogens is 1. The molecule has 5 heteroatoms. The molecule has 1 saturated heterocycles. The number of carbonyl (C=O) groups is 1. The maximum atomic E-state index is 12.8. The fourth-order valence-electron chi connectivity index (χ4n) is 2.65. The third-order valence-corrected chi connectivity index (χ3v) is 5.08. The molecule has 0 N–H and O–H groups in total. The number of likely N-dealkylation sites (tertiary alicyclic amines) is 1. The molecule has 1 aromatic carbocycles. The van der Waals surface area contributed by atoms with E-state index in [0.29, 0.717) is 0 Å². The number of rotatable bonds is 6. The molecule has 0 unspecified atom stereocenters. The molecule has 0 saturated carbocycles. The van der Waals surface area contributed by atoms with E-state index in [1.807, 2.05) is 18.7 Å². The van der Waals surface area contributed by atoms with E-state index >= 15 is 0 Å². The van der Waals surface area contributed by atoms with Crippen LogP contribution in [0.4, 0.5) is 9.18 Å². The summed E-state index contributed by atoms with van der Waals surface area (Å²) in [7, 11) is 0. The Balaban J connectivity index is 1.68. The number of ether oxygens (including phenoxy) is 1. The quantitative estimate of drug-likeness (QED) is 0.533. The molecular weight excluding hydrogens is 313 g/mol. The van der Waals surface area contributed by atoms with E-state index in [4.69, 9.17) is 4.74 Å². The molecular formula is C18H26FNO2S. The SMILES string of the molecule is CC(C)(CCCSc1ccc(F)cc1)OC(=O)N1CCCCC1. The van der Waals surface area contributed by atoms with Crippen molar-refractivity contribution in [2.24, 2.45) is 0 Å². The lowest BCUT2D eigenvalue weighted by atomic mass is 10.0. The van der Waals surface area contributed by atoms with Crippen molar-refractivity contribution in [3.8, 4) is 0 Å². The Bertz CT molecular complexity index is 498. The predicted molar refractivity (Wildman–Crippen MR) is 92.3 cm³/mol. The van der Waals surface area contributed by atoms with Crippen LogP contribution in [0.3, 0.4) is 0 Å². The number of amides is 1. The molecule has 23 heavy (non-hydrogen) atoms. The van der Waals surface area contributed by atoms with E-state index in [9.17, 15) is 9.18 Å². The van der Waals surface area contributed by atoms with Crippen LogP contribution in [0, 0.1) is 5.82 Å². The fourth-order valence-corrected chi connectivity index (χ4v) is 3.50. The Kier molecular flexibility index (Phi) is 6.75. The summed E-state index contributed by atoms with van der Waals surface area (Å²) in [5, 5.41) is 0. The first-order chi connectivity index (χ1) is 11.0. The van der Waals surface area contributed by atoms with Gasteiger partial charge in [-0.1, -0.05) is 0 Å². The van der Waals surface area contributed by atoms with Gasteiger partial charge < -0.3 is 9.64 Å². The van der Waals surface area contributed by atoms with Crippen LogP contribution in [0.5, 0.6) is 0 Å². The number of hydrogen-bond donors (Lipinski definition) is 0. The van der Waals surface area contributed by atoms with Crippen molar-refractivity contribution in [1.29, 1.82) is 0 Å². The molecule has 0 radical (unpaired) electrons. The molecule has 1 amide bonds. The van der Waals surface area contributed by atoms with Crippen molar-refractivity contribution in [3.05, 3.63) is 30.1 Å². The lowest BCUT2D eigenvalue weighted by Gasteiger charge is -2.31. The second-order valence-electron chi connectivity index (χ2n) is 6.58. The molecule has 3 nitrogen and oxygen atoms in total. The maximum absolute atomic E-state index is 12.8. The van der Waals surface area contributed by atoms with Gasteiger partial charge in [-0.2, -0.15) is 0 Å². The van der Waals surface area contributed by atoms with Crippen molar-refractivity contribution in [1.82, 2.24) is 4.90 Å². The van der Waals surface area contributed by atoms with Crippen LogP contribution in [0.2, 0.25) is 0 Å². The van der Waals surface area contributed by atoms with Crippen LogP contribution in [0.15, 0.2) is 29.2 Å². The second-order valence-corrected chi connectivity index (χ2v) is 7.75. The van der Waals surface area contributed by atoms with E-state index in [1.54, 1.807) is 23.9 Å². The van der Waals surface area contributed by atoms with E-state index in [2.05, 4.69) is 0 Å². The summed E-state index contributed by atoms with van der Waals surface area (Å²) in [4.78, 5) is 15.0. The van der Waals surface area contributed by atoms with Gasteiger partial charge in [0.1, 0.15) is 11.4 Å². The summed E-state index contributed by atoms with van der Waals surface area (Å²) in [6, 6.07) is 6.54. The number of carbonyl (C=O) groups excluding carboxylic acids is 1. The Labute approximate surface area is 142 Å². The van der Waals surface area contributed by atoms with E-state index in [-0.39, 0.29) is 11.9 Å². The van der Waals surface area contributed by atoms with Gasteiger partial charge in [-0.05, 0) is 76.0 Å². The molecule has 0 aliphatic carbocycles. The first-order valence-electron chi connectivity index (χ1n) is 8.33. The Morgan fingerprint density at radius 1 is 1.22 bits per heavy atom. The average Bonchev–Trinajstić information content (AvgIpc) is 2.54. The first kappa shape index (κ1) is 18.1. The predicted octanol–water partition coefficient (Wildman–Crippen LogP) is 5.10. The summed E-state index contributed by atoms with van der Waals surface area (Å²) in [6.45, 7) is 5.57. The number of nitrogens with zero attached hydrogens (tertiary/aromatic N) is 1. The zero-order valence-electron chi connectivity index (χ0n) is 14.0. The largest absolute Gasteiger partial charge is 0.443 e. The minimum Gasteiger partial charge on any atom is -0.443 e. The molecule has 2 rings (SSSR count). The standard InChI is InChI=1S/C18H26FNO2S/c1-18(2,22-17(21)20-12-4-3-5-13-20)11-6-14-23-16-9-7-15(19)8-10-16/h7-10H,3-6,11-14H2,1-2H3. The van der Waals surface area contributed by atoms with Gasteiger partial charge in [0.2, 0.25) is 0 Å². The van der Waals surface area contributed by atoms with E-state index < -0.39 is 5.60 Å². The zero-order chi connectivity index (χ0) is 16.7. The summed E-state index contributed by atoms with van der Waals surface area (Å²) in [5.41, 5.74) is -0.447. The molecule has 1 aliphatic rings. The molecule has 0 atom stereocenters. The third kappa shape index (κ3) is 6.42. The molecule has 0 bridgehead atoms. The highest BCUT2D eigenvalue weighted by Crippen LogP contribution is 2.24.